The Morgan fingerprint density at radius 1 is 1.26 bits per heavy atom. The van der Waals surface area contributed by atoms with Crippen molar-refractivity contribution >= 4 is 21.5 Å². The lowest BCUT2D eigenvalue weighted by Crippen LogP contribution is -2.52. The zero-order chi connectivity index (χ0) is 14.5. The molecule has 0 radical (unpaired) electrons. The first-order valence-corrected chi connectivity index (χ1v) is 7.54. The fourth-order valence-corrected chi connectivity index (χ4v) is 5.01. The first-order valence-electron chi connectivity index (χ1n) is 5.99. The Morgan fingerprint density at radius 2 is 1.79 bits per heavy atom. The van der Waals surface area contributed by atoms with Gasteiger partial charge in [0, 0.05) is 7.05 Å². The molecule has 0 aromatic heterocycles. The molecule has 0 bridgehead atoms. The number of carboxylic acids is 1. The predicted octanol–water partition coefficient (Wildman–Crippen LogP) is 1.37. The van der Waals surface area contributed by atoms with E-state index in [9.17, 15) is 18.3 Å². The smallest absolute Gasteiger partial charge is 0.324 e. The van der Waals surface area contributed by atoms with Crippen LogP contribution in [0, 0.1) is 13.8 Å². The highest BCUT2D eigenvalue weighted by Gasteiger charge is 2.47. The monoisotopic (exact) mass is 283 g/mol. The van der Waals surface area contributed by atoms with Crippen molar-refractivity contribution in [2.75, 3.05) is 11.9 Å². The van der Waals surface area contributed by atoms with Crippen LogP contribution in [0.1, 0.15) is 18.1 Å². The van der Waals surface area contributed by atoms with Crippen LogP contribution >= 0.6 is 0 Å². The maximum atomic E-state index is 12.6. The summed E-state index contributed by atoms with van der Waals surface area (Å²) in [7, 11) is -2.12. The number of aryl methyl sites for hydroxylation is 2. The van der Waals surface area contributed by atoms with Crippen LogP contribution in [-0.4, -0.2) is 37.8 Å². The minimum Gasteiger partial charge on any atom is -0.480 e. The lowest BCUT2D eigenvalue weighted by atomic mass is 10.1. The van der Waals surface area contributed by atoms with Crippen LogP contribution in [0.5, 0.6) is 0 Å². The van der Waals surface area contributed by atoms with E-state index in [4.69, 9.17) is 0 Å². The Kier molecular flexibility index (Phi) is 3.09. The zero-order valence-corrected chi connectivity index (χ0v) is 12.2. The molecular formula is C13H17NO4S. The fraction of sp³-hybridized carbons (Fsp3) is 0.462. The molecule has 0 saturated carbocycles. The largest absolute Gasteiger partial charge is 0.480 e. The molecule has 5 nitrogen and oxygen atoms in total. The second-order valence-corrected chi connectivity index (χ2v) is 7.04. The van der Waals surface area contributed by atoms with Crippen LogP contribution in [0.2, 0.25) is 0 Å². The van der Waals surface area contributed by atoms with Crippen molar-refractivity contribution in [1.29, 1.82) is 0 Å². The third kappa shape index (κ3) is 1.82. The molecule has 0 spiro atoms. The molecule has 1 N–H and O–H groups in total. The van der Waals surface area contributed by atoms with Gasteiger partial charge in [0.25, 0.3) is 0 Å². The molecule has 2 unspecified atom stereocenters. The van der Waals surface area contributed by atoms with Gasteiger partial charge in [-0.05, 0) is 31.9 Å². The molecule has 0 saturated heterocycles. The van der Waals surface area contributed by atoms with Crippen molar-refractivity contribution in [2.24, 2.45) is 0 Å². The standard InChI is InChI=1S/C13H17NO4S/c1-7-5-6-8(2)11-10(7)14(4)9(3)12(13(15)16)19(11,17)18/h5-6,9,12H,1-4H3,(H,15,16). The molecule has 1 aromatic carbocycles. The SMILES string of the molecule is Cc1ccc(C)c2c1N(C)C(C)C(C(=O)O)S2(=O)=O. The van der Waals surface area contributed by atoms with Crippen LogP contribution in [0.25, 0.3) is 0 Å². The van der Waals surface area contributed by atoms with Gasteiger partial charge in [-0.25, -0.2) is 8.42 Å². The Bertz CT molecular complexity index is 651. The van der Waals surface area contributed by atoms with Crippen molar-refractivity contribution in [3.05, 3.63) is 23.3 Å². The molecule has 1 heterocycles. The summed E-state index contributed by atoms with van der Waals surface area (Å²) < 4.78 is 25.1. The van der Waals surface area contributed by atoms with Gasteiger partial charge in [0.1, 0.15) is 0 Å². The van der Waals surface area contributed by atoms with Gasteiger partial charge in [0.2, 0.25) is 0 Å². The Balaban J connectivity index is 2.87. The third-order valence-electron chi connectivity index (χ3n) is 3.79. The van der Waals surface area contributed by atoms with Crippen LogP contribution in [-0.2, 0) is 14.6 Å². The zero-order valence-electron chi connectivity index (χ0n) is 11.3. The van der Waals surface area contributed by atoms with Gasteiger partial charge in [0.05, 0.1) is 16.6 Å². The van der Waals surface area contributed by atoms with E-state index in [1.165, 1.54) is 0 Å². The molecule has 0 aliphatic carbocycles. The van der Waals surface area contributed by atoms with Crippen molar-refractivity contribution in [2.45, 2.75) is 37.0 Å². The molecule has 104 valence electrons. The number of fused-ring (bicyclic) bond motifs is 1. The van der Waals surface area contributed by atoms with Crippen LogP contribution in [0.15, 0.2) is 17.0 Å². The summed E-state index contributed by atoms with van der Waals surface area (Å²) in [4.78, 5) is 13.2. The number of anilines is 1. The molecule has 0 amide bonds. The van der Waals surface area contributed by atoms with E-state index in [0.29, 0.717) is 11.3 Å². The molecule has 6 heteroatoms. The maximum absolute atomic E-state index is 12.6. The molecule has 2 rings (SSSR count). The van der Waals surface area contributed by atoms with Gasteiger partial charge in [-0.15, -0.1) is 0 Å². The van der Waals surface area contributed by atoms with Crippen molar-refractivity contribution in [1.82, 2.24) is 0 Å². The maximum Gasteiger partial charge on any atom is 0.324 e. The molecule has 1 aliphatic rings. The average Bonchev–Trinajstić information content (AvgIpc) is 2.28. The van der Waals surface area contributed by atoms with E-state index in [2.05, 4.69) is 0 Å². The molecule has 1 aromatic rings. The second-order valence-electron chi connectivity index (χ2n) is 5.03. The quantitative estimate of drug-likeness (QED) is 0.842. The van der Waals surface area contributed by atoms with Crippen molar-refractivity contribution < 1.29 is 18.3 Å². The van der Waals surface area contributed by atoms with Crippen LogP contribution < -0.4 is 4.90 Å². The highest BCUT2D eigenvalue weighted by molar-refractivity contribution is 7.93. The number of aliphatic carboxylic acids is 1. The molecule has 19 heavy (non-hydrogen) atoms. The summed E-state index contributed by atoms with van der Waals surface area (Å²) >= 11 is 0. The number of sulfone groups is 1. The number of carbonyl (C=O) groups is 1. The van der Waals surface area contributed by atoms with Crippen molar-refractivity contribution in [3.8, 4) is 0 Å². The molecule has 0 fully saturated rings. The number of carboxylic acid groups (broad SMARTS) is 1. The topological polar surface area (TPSA) is 74.7 Å². The summed E-state index contributed by atoms with van der Waals surface area (Å²) in [5.74, 6) is -1.30. The van der Waals surface area contributed by atoms with Gasteiger partial charge < -0.3 is 10.0 Å². The Morgan fingerprint density at radius 3 is 2.32 bits per heavy atom. The highest BCUT2D eigenvalue weighted by Crippen LogP contribution is 2.40. The summed E-state index contributed by atoms with van der Waals surface area (Å²) in [6.45, 7) is 5.15. The minimum absolute atomic E-state index is 0.153. The lowest BCUT2D eigenvalue weighted by Gasteiger charge is -2.39. The molecule has 2 atom stereocenters. The van der Waals surface area contributed by atoms with Gasteiger partial charge in [-0.1, -0.05) is 12.1 Å². The average molecular weight is 283 g/mol. The van der Waals surface area contributed by atoms with E-state index in [0.717, 1.165) is 5.56 Å². The minimum atomic E-state index is -3.86. The van der Waals surface area contributed by atoms with Gasteiger partial charge >= 0.3 is 5.97 Å². The number of hydrogen-bond acceptors (Lipinski definition) is 4. The summed E-state index contributed by atoms with van der Waals surface area (Å²) in [5.41, 5.74) is 2.04. The van der Waals surface area contributed by atoms with E-state index in [-0.39, 0.29) is 4.90 Å². The number of nitrogens with zero attached hydrogens (tertiary/aromatic N) is 1. The number of hydrogen-bond donors (Lipinski definition) is 1. The van der Waals surface area contributed by atoms with E-state index < -0.39 is 27.1 Å². The lowest BCUT2D eigenvalue weighted by molar-refractivity contribution is -0.136. The number of benzene rings is 1. The van der Waals surface area contributed by atoms with Gasteiger partial charge in [-0.2, -0.15) is 0 Å². The third-order valence-corrected chi connectivity index (χ3v) is 6.14. The van der Waals surface area contributed by atoms with Gasteiger partial charge in [-0.3, -0.25) is 4.79 Å². The second kappa shape index (κ2) is 4.23. The summed E-state index contributed by atoms with van der Waals surface area (Å²) in [6, 6.07) is 2.97. The number of rotatable bonds is 1. The van der Waals surface area contributed by atoms with Crippen LogP contribution in [0.4, 0.5) is 5.69 Å². The molecular weight excluding hydrogens is 266 g/mol. The van der Waals surface area contributed by atoms with E-state index >= 15 is 0 Å². The first-order chi connectivity index (χ1) is 8.69. The first kappa shape index (κ1) is 13.9. The Labute approximate surface area is 112 Å². The normalized spacial score (nSPS) is 24.9. The predicted molar refractivity (Wildman–Crippen MR) is 72.4 cm³/mol. The Hall–Kier alpha value is -1.56. The highest BCUT2D eigenvalue weighted by atomic mass is 32.2. The summed E-state index contributed by atoms with van der Waals surface area (Å²) in [6.07, 6.45) is 0. The van der Waals surface area contributed by atoms with Gasteiger partial charge in [0.15, 0.2) is 15.1 Å². The molecule has 1 aliphatic heterocycles. The van der Waals surface area contributed by atoms with Crippen molar-refractivity contribution in [3.63, 3.8) is 0 Å². The fourth-order valence-electron chi connectivity index (χ4n) is 2.70. The van der Waals surface area contributed by atoms with E-state index in [1.54, 1.807) is 31.9 Å². The van der Waals surface area contributed by atoms with Crippen LogP contribution in [0.3, 0.4) is 0 Å². The summed E-state index contributed by atoms with van der Waals surface area (Å²) in [5, 5.41) is 7.82. The van der Waals surface area contributed by atoms with E-state index in [1.807, 2.05) is 13.0 Å².